The number of amides is 1. The van der Waals surface area contributed by atoms with Crippen LogP contribution in [0.5, 0.6) is 0 Å². The number of nitrogens with one attached hydrogen (secondary N) is 2. The van der Waals surface area contributed by atoms with Gasteiger partial charge in [0.1, 0.15) is 5.60 Å². The molecule has 0 saturated carbocycles. The third kappa shape index (κ3) is 6.21. The van der Waals surface area contributed by atoms with Crippen LogP contribution in [0.15, 0.2) is 23.0 Å². The maximum Gasteiger partial charge on any atom is 0.408 e. The number of carbonyl (C=O) groups is 1. The number of hydrogen-bond donors (Lipinski definition) is 2. The maximum atomic E-state index is 12.0. The third-order valence-electron chi connectivity index (χ3n) is 3.49. The SMILES string of the molecule is CCC(CC)(CNCc1ccoc1)NC(=O)OC(C)(C)C. The van der Waals surface area contributed by atoms with Gasteiger partial charge in [-0.3, -0.25) is 0 Å². The van der Waals surface area contributed by atoms with E-state index in [4.69, 9.17) is 9.15 Å². The molecule has 0 bridgehead atoms. The predicted octanol–water partition coefficient (Wildman–Crippen LogP) is 3.45. The first-order valence-electron chi connectivity index (χ1n) is 7.53. The van der Waals surface area contributed by atoms with E-state index >= 15 is 0 Å². The van der Waals surface area contributed by atoms with E-state index in [1.54, 1.807) is 12.5 Å². The Morgan fingerprint density at radius 3 is 2.43 bits per heavy atom. The van der Waals surface area contributed by atoms with Crippen molar-refractivity contribution in [3.05, 3.63) is 24.2 Å². The molecule has 0 aliphatic rings. The number of hydrogen-bond acceptors (Lipinski definition) is 4. The highest BCUT2D eigenvalue weighted by Gasteiger charge is 2.30. The molecule has 0 aromatic carbocycles. The lowest BCUT2D eigenvalue weighted by Crippen LogP contribution is -2.55. The van der Waals surface area contributed by atoms with Gasteiger partial charge in [-0.1, -0.05) is 13.8 Å². The van der Waals surface area contributed by atoms with Crippen molar-refractivity contribution >= 4 is 6.09 Å². The Bertz CT molecular complexity index is 417. The fourth-order valence-corrected chi connectivity index (χ4v) is 2.08. The quantitative estimate of drug-likeness (QED) is 0.809. The fraction of sp³-hybridized carbons (Fsp3) is 0.688. The lowest BCUT2D eigenvalue weighted by molar-refractivity contribution is 0.0446. The van der Waals surface area contributed by atoms with Gasteiger partial charge in [0, 0.05) is 18.7 Å². The maximum absolute atomic E-state index is 12.0. The molecule has 0 aliphatic carbocycles. The second-order valence-corrected chi connectivity index (χ2v) is 6.35. The van der Waals surface area contributed by atoms with Crippen LogP contribution in [0.4, 0.5) is 4.79 Å². The average Bonchev–Trinajstić information content (AvgIpc) is 2.88. The van der Waals surface area contributed by atoms with Crippen molar-refractivity contribution in [2.24, 2.45) is 0 Å². The van der Waals surface area contributed by atoms with Crippen molar-refractivity contribution in [1.82, 2.24) is 10.6 Å². The first kappa shape index (κ1) is 17.6. The molecule has 0 unspecified atom stereocenters. The van der Waals surface area contributed by atoms with Gasteiger partial charge < -0.3 is 19.8 Å². The number of furan rings is 1. The summed E-state index contributed by atoms with van der Waals surface area (Å²) in [6.07, 6.45) is 4.68. The first-order chi connectivity index (χ1) is 9.80. The van der Waals surface area contributed by atoms with Crippen molar-refractivity contribution in [3.8, 4) is 0 Å². The van der Waals surface area contributed by atoms with Crippen molar-refractivity contribution < 1.29 is 13.9 Å². The lowest BCUT2D eigenvalue weighted by atomic mass is 9.93. The summed E-state index contributed by atoms with van der Waals surface area (Å²) in [6, 6.07) is 1.92. The van der Waals surface area contributed by atoms with Gasteiger partial charge in [0.15, 0.2) is 0 Å². The Morgan fingerprint density at radius 1 is 1.29 bits per heavy atom. The predicted molar refractivity (Wildman–Crippen MR) is 83.1 cm³/mol. The lowest BCUT2D eigenvalue weighted by Gasteiger charge is -2.34. The fourth-order valence-electron chi connectivity index (χ4n) is 2.08. The smallest absolute Gasteiger partial charge is 0.408 e. The molecule has 0 aliphatic heterocycles. The summed E-state index contributed by atoms with van der Waals surface area (Å²) in [5.74, 6) is 0. The van der Waals surface area contributed by atoms with E-state index in [-0.39, 0.29) is 11.6 Å². The molecule has 5 heteroatoms. The summed E-state index contributed by atoms with van der Waals surface area (Å²) in [7, 11) is 0. The Kier molecular flexibility index (Phi) is 6.27. The van der Waals surface area contributed by atoms with E-state index < -0.39 is 5.60 Å². The van der Waals surface area contributed by atoms with Gasteiger partial charge in [-0.05, 0) is 39.7 Å². The highest BCUT2D eigenvalue weighted by molar-refractivity contribution is 5.68. The standard InChI is InChI=1S/C16H28N2O3/c1-6-16(7-2,18-14(19)21-15(3,4)5)12-17-10-13-8-9-20-11-13/h8-9,11,17H,6-7,10,12H2,1-5H3,(H,18,19). The topological polar surface area (TPSA) is 63.5 Å². The Labute approximate surface area is 127 Å². The zero-order chi connectivity index (χ0) is 15.9. The van der Waals surface area contributed by atoms with Gasteiger partial charge in [-0.15, -0.1) is 0 Å². The summed E-state index contributed by atoms with van der Waals surface area (Å²) < 4.78 is 10.4. The van der Waals surface area contributed by atoms with Gasteiger partial charge in [0.05, 0.1) is 18.1 Å². The molecule has 2 N–H and O–H groups in total. The molecular formula is C16H28N2O3. The van der Waals surface area contributed by atoms with Crippen LogP contribution in [0, 0.1) is 0 Å². The van der Waals surface area contributed by atoms with Crippen molar-refractivity contribution in [3.63, 3.8) is 0 Å². The molecule has 21 heavy (non-hydrogen) atoms. The molecule has 1 aromatic heterocycles. The zero-order valence-corrected chi connectivity index (χ0v) is 13.8. The third-order valence-corrected chi connectivity index (χ3v) is 3.49. The van der Waals surface area contributed by atoms with Crippen LogP contribution < -0.4 is 10.6 Å². The van der Waals surface area contributed by atoms with Crippen LogP contribution >= 0.6 is 0 Å². The van der Waals surface area contributed by atoms with E-state index in [1.807, 2.05) is 26.8 Å². The molecule has 5 nitrogen and oxygen atoms in total. The van der Waals surface area contributed by atoms with Gasteiger partial charge in [-0.25, -0.2) is 4.79 Å². The van der Waals surface area contributed by atoms with Crippen molar-refractivity contribution in [2.75, 3.05) is 6.54 Å². The minimum Gasteiger partial charge on any atom is -0.472 e. The van der Waals surface area contributed by atoms with E-state index in [1.165, 1.54) is 0 Å². The minimum atomic E-state index is -0.485. The molecule has 0 spiro atoms. The van der Waals surface area contributed by atoms with Crippen LogP contribution in [-0.4, -0.2) is 23.8 Å². The van der Waals surface area contributed by atoms with Gasteiger partial charge >= 0.3 is 6.09 Å². The monoisotopic (exact) mass is 296 g/mol. The summed E-state index contributed by atoms with van der Waals surface area (Å²) in [6.45, 7) is 11.1. The molecule has 0 radical (unpaired) electrons. The second kappa shape index (κ2) is 7.50. The molecule has 0 atom stereocenters. The average molecular weight is 296 g/mol. The molecule has 0 saturated heterocycles. The summed E-state index contributed by atoms with van der Waals surface area (Å²) >= 11 is 0. The zero-order valence-electron chi connectivity index (χ0n) is 13.8. The highest BCUT2D eigenvalue weighted by atomic mass is 16.6. The van der Waals surface area contributed by atoms with Gasteiger partial charge in [-0.2, -0.15) is 0 Å². The molecule has 1 heterocycles. The Morgan fingerprint density at radius 2 is 1.95 bits per heavy atom. The van der Waals surface area contributed by atoms with Gasteiger partial charge in [0.2, 0.25) is 0 Å². The second-order valence-electron chi connectivity index (χ2n) is 6.35. The first-order valence-corrected chi connectivity index (χ1v) is 7.53. The van der Waals surface area contributed by atoms with Gasteiger partial charge in [0.25, 0.3) is 0 Å². The van der Waals surface area contributed by atoms with Crippen LogP contribution in [-0.2, 0) is 11.3 Å². The number of ether oxygens (including phenoxy) is 1. The molecular weight excluding hydrogens is 268 g/mol. The molecule has 1 aromatic rings. The largest absolute Gasteiger partial charge is 0.472 e. The number of rotatable bonds is 7. The number of alkyl carbamates (subject to hydrolysis) is 1. The molecule has 0 fully saturated rings. The van der Waals surface area contributed by atoms with E-state index in [2.05, 4.69) is 24.5 Å². The van der Waals surface area contributed by atoms with E-state index in [9.17, 15) is 4.79 Å². The summed E-state index contributed by atoms with van der Waals surface area (Å²) in [5.41, 5.74) is 0.307. The Balaban J connectivity index is 2.54. The highest BCUT2D eigenvalue weighted by Crippen LogP contribution is 2.16. The molecule has 120 valence electrons. The minimum absolute atomic E-state index is 0.300. The molecule has 1 rings (SSSR count). The van der Waals surface area contributed by atoms with Crippen LogP contribution in [0.25, 0.3) is 0 Å². The van der Waals surface area contributed by atoms with E-state index in [0.29, 0.717) is 13.1 Å². The van der Waals surface area contributed by atoms with E-state index in [0.717, 1.165) is 18.4 Å². The van der Waals surface area contributed by atoms with Crippen molar-refractivity contribution in [1.29, 1.82) is 0 Å². The summed E-state index contributed by atoms with van der Waals surface area (Å²) in [5, 5.41) is 6.39. The summed E-state index contributed by atoms with van der Waals surface area (Å²) in [4.78, 5) is 12.0. The number of carbonyl (C=O) groups excluding carboxylic acids is 1. The van der Waals surface area contributed by atoms with Crippen LogP contribution in [0.1, 0.15) is 53.0 Å². The van der Waals surface area contributed by atoms with Crippen LogP contribution in [0.2, 0.25) is 0 Å². The molecule has 1 amide bonds. The normalized spacial score (nSPS) is 12.2. The van der Waals surface area contributed by atoms with Crippen LogP contribution in [0.3, 0.4) is 0 Å². The van der Waals surface area contributed by atoms with Crippen molar-refractivity contribution in [2.45, 2.75) is 65.1 Å². The Hall–Kier alpha value is -1.49.